The summed E-state index contributed by atoms with van der Waals surface area (Å²) in [6.07, 6.45) is 10.5. The summed E-state index contributed by atoms with van der Waals surface area (Å²) < 4.78 is 5.46. The quantitative estimate of drug-likeness (QED) is 0.455. The monoisotopic (exact) mass is 479 g/mol. The van der Waals surface area contributed by atoms with Crippen molar-refractivity contribution >= 4 is 64.3 Å². The standard InChI is InChI=1S/C21H25N3O2S4/c1-27-18-17(20(28-2)30-22-18)19(26)24-11-8-21(14-24)6-9-23(10-7-21)16(25)4-3-15-5-12-29-13-15/h3-5,12-13H,6-11,14H2,1-2H3. The van der Waals surface area contributed by atoms with Crippen LogP contribution in [0.15, 0.2) is 32.1 Å². The second-order valence-electron chi connectivity index (χ2n) is 7.75. The molecule has 30 heavy (non-hydrogen) atoms. The molecule has 9 heteroatoms. The molecule has 2 amide bonds. The van der Waals surface area contributed by atoms with E-state index in [1.54, 1.807) is 40.9 Å². The van der Waals surface area contributed by atoms with Gasteiger partial charge < -0.3 is 9.80 Å². The lowest BCUT2D eigenvalue weighted by molar-refractivity contribution is -0.128. The molecule has 2 aliphatic heterocycles. The summed E-state index contributed by atoms with van der Waals surface area (Å²) in [4.78, 5) is 29.7. The van der Waals surface area contributed by atoms with Crippen LogP contribution in [0.3, 0.4) is 0 Å². The van der Waals surface area contributed by atoms with Gasteiger partial charge in [0, 0.05) is 32.3 Å². The predicted molar refractivity (Wildman–Crippen MR) is 128 cm³/mol. The van der Waals surface area contributed by atoms with Crippen LogP contribution in [0.1, 0.15) is 35.2 Å². The number of thioether (sulfide) groups is 2. The van der Waals surface area contributed by atoms with Gasteiger partial charge in [0.2, 0.25) is 5.91 Å². The first-order chi connectivity index (χ1) is 14.5. The van der Waals surface area contributed by atoms with Crippen molar-refractivity contribution in [2.75, 3.05) is 38.7 Å². The number of piperidine rings is 1. The van der Waals surface area contributed by atoms with Crippen molar-refractivity contribution in [3.63, 3.8) is 0 Å². The van der Waals surface area contributed by atoms with E-state index >= 15 is 0 Å². The molecule has 2 fully saturated rings. The van der Waals surface area contributed by atoms with Gasteiger partial charge in [-0.05, 0) is 77.2 Å². The van der Waals surface area contributed by atoms with Crippen LogP contribution >= 0.6 is 46.4 Å². The Labute approximate surface area is 194 Å². The molecule has 2 saturated heterocycles. The number of thiophene rings is 1. The Morgan fingerprint density at radius 2 is 1.87 bits per heavy atom. The Hall–Kier alpha value is -1.29. The van der Waals surface area contributed by atoms with Gasteiger partial charge in [-0.1, -0.05) is 0 Å². The Morgan fingerprint density at radius 3 is 2.50 bits per heavy atom. The molecule has 1 spiro atoms. The number of hydrogen-bond donors (Lipinski definition) is 0. The van der Waals surface area contributed by atoms with Crippen LogP contribution in [-0.2, 0) is 4.79 Å². The summed E-state index contributed by atoms with van der Waals surface area (Å²) in [6.45, 7) is 3.11. The summed E-state index contributed by atoms with van der Waals surface area (Å²) >= 11 is 6.19. The molecular weight excluding hydrogens is 455 g/mol. The van der Waals surface area contributed by atoms with Crippen molar-refractivity contribution in [1.29, 1.82) is 0 Å². The maximum Gasteiger partial charge on any atom is 0.258 e. The van der Waals surface area contributed by atoms with E-state index in [4.69, 9.17) is 0 Å². The van der Waals surface area contributed by atoms with E-state index in [2.05, 4.69) is 4.37 Å². The zero-order valence-electron chi connectivity index (χ0n) is 17.1. The highest BCUT2D eigenvalue weighted by molar-refractivity contribution is 8.01. The van der Waals surface area contributed by atoms with Crippen LogP contribution in [-0.4, -0.2) is 64.7 Å². The van der Waals surface area contributed by atoms with E-state index in [0.29, 0.717) is 0 Å². The minimum atomic E-state index is 0.0838. The molecule has 5 nitrogen and oxygen atoms in total. The van der Waals surface area contributed by atoms with Crippen molar-refractivity contribution in [2.24, 2.45) is 5.41 Å². The maximum absolute atomic E-state index is 13.3. The van der Waals surface area contributed by atoms with Gasteiger partial charge in [-0.2, -0.15) is 15.7 Å². The zero-order valence-corrected chi connectivity index (χ0v) is 20.4. The van der Waals surface area contributed by atoms with Gasteiger partial charge in [0.15, 0.2) is 0 Å². The normalized spacial score (nSPS) is 18.6. The molecule has 0 saturated carbocycles. The van der Waals surface area contributed by atoms with E-state index in [9.17, 15) is 9.59 Å². The maximum atomic E-state index is 13.3. The third kappa shape index (κ3) is 4.49. The number of aromatic nitrogens is 1. The van der Waals surface area contributed by atoms with Gasteiger partial charge >= 0.3 is 0 Å². The SMILES string of the molecule is CSc1nsc(SC)c1C(=O)N1CCC2(CCN(C(=O)C=Cc3ccsc3)CC2)C1. The van der Waals surface area contributed by atoms with Crippen LogP contribution in [0, 0.1) is 5.41 Å². The number of rotatable bonds is 5. The van der Waals surface area contributed by atoms with Crippen LogP contribution in [0.25, 0.3) is 6.08 Å². The fourth-order valence-electron chi connectivity index (χ4n) is 4.24. The number of hydrogen-bond acceptors (Lipinski definition) is 7. The summed E-state index contributed by atoms with van der Waals surface area (Å²) in [5.74, 6) is 0.201. The number of carbonyl (C=O) groups is 2. The van der Waals surface area contributed by atoms with E-state index in [1.165, 1.54) is 11.5 Å². The molecule has 2 aliphatic rings. The van der Waals surface area contributed by atoms with Crippen molar-refractivity contribution in [2.45, 2.75) is 28.5 Å². The number of carbonyl (C=O) groups excluding carboxylic acids is 2. The summed E-state index contributed by atoms with van der Waals surface area (Å²) in [7, 11) is 0. The largest absolute Gasteiger partial charge is 0.339 e. The fourth-order valence-corrected chi connectivity index (χ4v) is 7.13. The molecule has 0 N–H and O–H groups in total. The zero-order chi connectivity index (χ0) is 21.1. The van der Waals surface area contributed by atoms with Crippen molar-refractivity contribution < 1.29 is 9.59 Å². The lowest BCUT2D eigenvalue weighted by atomic mass is 9.78. The highest BCUT2D eigenvalue weighted by atomic mass is 32.2. The minimum absolute atomic E-state index is 0.0838. The Balaban J connectivity index is 1.36. The van der Waals surface area contributed by atoms with Gasteiger partial charge in [0.05, 0.1) is 9.77 Å². The molecule has 0 unspecified atom stereocenters. The first kappa shape index (κ1) is 21.9. The molecule has 160 valence electrons. The average molecular weight is 480 g/mol. The third-order valence-corrected chi connectivity index (χ3v) is 9.49. The molecular formula is C21H25N3O2S4. The van der Waals surface area contributed by atoms with E-state index in [0.717, 1.165) is 65.8 Å². The van der Waals surface area contributed by atoms with Gasteiger partial charge in [0.25, 0.3) is 5.91 Å². The smallest absolute Gasteiger partial charge is 0.258 e. The minimum Gasteiger partial charge on any atom is -0.339 e. The lowest BCUT2D eigenvalue weighted by Gasteiger charge is -2.39. The van der Waals surface area contributed by atoms with Crippen LogP contribution in [0.2, 0.25) is 0 Å². The summed E-state index contributed by atoms with van der Waals surface area (Å²) in [5.41, 5.74) is 2.00. The summed E-state index contributed by atoms with van der Waals surface area (Å²) in [6, 6.07) is 2.01. The highest BCUT2D eigenvalue weighted by Gasteiger charge is 2.43. The van der Waals surface area contributed by atoms with Crippen molar-refractivity contribution in [3.05, 3.63) is 34.0 Å². The lowest BCUT2D eigenvalue weighted by Crippen LogP contribution is -2.44. The van der Waals surface area contributed by atoms with E-state index in [-0.39, 0.29) is 17.2 Å². The fraction of sp³-hybridized carbons (Fsp3) is 0.476. The molecule has 0 aromatic carbocycles. The Bertz CT molecular complexity index is 909. The number of nitrogens with zero attached hydrogens (tertiary/aromatic N) is 3. The molecule has 0 radical (unpaired) electrons. The Kier molecular flexibility index (Phi) is 6.91. The van der Waals surface area contributed by atoms with Crippen LogP contribution < -0.4 is 0 Å². The second-order valence-corrected chi connectivity index (χ2v) is 11.2. The predicted octanol–water partition coefficient (Wildman–Crippen LogP) is 4.82. The van der Waals surface area contributed by atoms with Gasteiger partial charge in [-0.25, -0.2) is 0 Å². The molecule has 4 rings (SSSR count). The van der Waals surface area contributed by atoms with Gasteiger partial charge in [0.1, 0.15) is 5.03 Å². The second kappa shape index (κ2) is 9.46. The third-order valence-electron chi connectivity index (χ3n) is 6.04. The molecule has 4 heterocycles. The van der Waals surface area contributed by atoms with Crippen molar-refractivity contribution in [1.82, 2.24) is 14.2 Å². The van der Waals surface area contributed by atoms with E-state index < -0.39 is 0 Å². The first-order valence-electron chi connectivity index (χ1n) is 9.91. The molecule has 2 aromatic heterocycles. The van der Waals surface area contributed by atoms with Gasteiger partial charge in [-0.15, -0.1) is 23.5 Å². The first-order valence-corrected chi connectivity index (χ1v) is 14.1. The highest BCUT2D eigenvalue weighted by Crippen LogP contribution is 2.42. The van der Waals surface area contributed by atoms with Crippen LogP contribution in [0.5, 0.6) is 0 Å². The van der Waals surface area contributed by atoms with Crippen molar-refractivity contribution in [3.8, 4) is 0 Å². The summed E-state index contributed by atoms with van der Waals surface area (Å²) in [5, 5.41) is 4.89. The molecule has 0 bridgehead atoms. The molecule has 0 atom stereocenters. The Morgan fingerprint density at radius 1 is 1.13 bits per heavy atom. The molecule has 0 aliphatic carbocycles. The molecule has 2 aromatic rings. The number of amides is 2. The van der Waals surface area contributed by atoms with Crippen LogP contribution in [0.4, 0.5) is 0 Å². The van der Waals surface area contributed by atoms with Gasteiger partial charge in [-0.3, -0.25) is 9.59 Å². The number of likely N-dealkylation sites (tertiary alicyclic amines) is 2. The van der Waals surface area contributed by atoms with E-state index in [1.807, 2.05) is 45.2 Å². The topological polar surface area (TPSA) is 53.5 Å². The average Bonchev–Trinajstić information content (AvgIpc) is 3.51.